The van der Waals surface area contributed by atoms with Gasteiger partial charge in [0, 0.05) is 13.1 Å². The monoisotopic (exact) mass is 264 g/mol. The van der Waals surface area contributed by atoms with Crippen molar-refractivity contribution in [2.24, 2.45) is 11.8 Å². The van der Waals surface area contributed by atoms with E-state index in [9.17, 15) is 4.79 Å². The van der Waals surface area contributed by atoms with E-state index in [0.717, 1.165) is 18.8 Å². The summed E-state index contributed by atoms with van der Waals surface area (Å²) in [5.74, 6) is 0.0635. The van der Waals surface area contributed by atoms with Crippen molar-refractivity contribution in [2.75, 3.05) is 23.7 Å². The van der Waals surface area contributed by atoms with E-state index in [1.807, 2.05) is 0 Å². The van der Waals surface area contributed by atoms with Crippen LogP contribution >= 0.6 is 0 Å². The second-order valence-corrected chi connectivity index (χ2v) is 5.77. The zero-order valence-corrected chi connectivity index (χ0v) is 12.2. The van der Waals surface area contributed by atoms with Crippen molar-refractivity contribution in [1.82, 2.24) is 0 Å². The molecule has 0 amide bonds. The lowest BCUT2D eigenvalue weighted by Crippen LogP contribution is -2.32. The van der Waals surface area contributed by atoms with Gasteiger partial charge in [0.25, 0.3) is 0 Å². The van der Waals surface area contributed by atoms with Crippen LogP contribution in [0.15, 0.2) is 18.2 Å². The number of nitrogen functional groups attached to an aromatic ring is 1. The van der Waals surface area contributed by atoms with Gasteiger partial charge in [-0.15, -0.1) is 0 Å². The molecule has 0 saturated heterocycles. The third kappa shape index (κ3) is 4.47. The molecule has 0 spiro atoms. The van der Waals surface area contributed by atoms with Gasteiger partial charge in [-0.05, 0) is 30.0 Å². The molecule has 0 radical (unpaired) electrons. The summed E-state index contributed by atoms with van der Waals surface area (Å²) in [4.78, 5) is 13.2. The SMILES string of the molecule is CC(C)CN(CC(C)C)c1cc(C(=O)O)ccc1N. The Bertz CT molecular complexity index is 432. The molecule has 0 heterocycles. The molecule has 3 N–H and O–H groups in total. The molecule has 19 heavy (non-hydrogen) atoms. The van der Waals surface area contributed by atoms with E-state index >= 15 is 0 Å². The Hall–Kier alpha value is -1.71. The Balaban J connectivity index is 3.12. The highest BCUT2D eigenvalue weighted by Crippen LogP contribution is 2.26. The number of carboxylic acid groups (broad SMARTS) is 1. The largest absolute Gasteiger partial charge is 0.478 e. The fraction of sp³-hybridized carbons (Fsp3) is 0.533. The molecule has 106 valence electrons. The van der Waals surface area contributed by atoms with Crippen LogP contribution in [-0.4, -0.2) is 24.2 Å². The first kappa shape index (κ1) is 15.3. The van der Waals surface area contributed by atoms with Crippen molar-refractivity contribution < 1.29 is 9.90 Å². The van der Waals surface area contributed by atoms with Crippen molar-refractivity contribution in [1.29, 1.82) is 0 Å². The maximum absolute atomic E-state index is 11.1. The standard InChI is InChI=1S/C15H24N2O2/c1-10(2)8-17(9-11(3)4)14-7-12(15(18)19)5-6-13(14)16/h5-7,10-11H,8-9,16H2,1-4H3,(H,18,19). The van der Waals surface area contributed by atoms with Gasteiger partial charge in [0.2, 0.25) is 0 Å². The quantitative estimate of drug-likeness (QED) is 0.775. The molecular formula is C15H24N2O2. The minimum Gasteiger partial charge on any atom is -0.478 e. The molecular weight excluding hydrogens is 240 g/mol. The topological polar surface area (TPSA) is 66.6 Å². The molecule has 4 nitrogen and oxygen atoms in total. The van der Waals surface area contributed by atoms with Crippen molar-refractivity contribution in [2.45, 2.75) is 27.7 Å². The van der Waals surface area contributed by atoms with Gasteiger partial charge in [0.15, 0.2) is 0 Å². The molecule has 1 aromatic rings. The van der Waals surface area contributed by atoms with E-state index in [1.165, 1.54) is 0 Å². The first-order valence-electron chi connectivity index (χ1n) is 6.69. The Morgan fingerprint density at radius 1 is 1.21 bits per heavy atom. The maximum atomic E-state index is 11.1. The summed E-state index contributed by atoms with van der Waals surface area (Å²) in [6.45, 7) is 10.3. The van der Waals surface area contributed by atoms with Crippen molar-refractivity contribution in [3.63, 3.8) is 0 Å². The number of rotatable bonds is 6. The summed E-state index contributed by atoms with van der Waals surface area (Å²) in [6, 6.07) is 4.89. The Kier molecular flexibility index (Phi) is 5.21. The van der Waals surface area contributed by atoms with Crippen LogP contribution in [0.1, 0.15) is 38.1 Å². The smallest absolute Gasteiger partial charge is 0.335 e. The number of hydrogen-bond donors (Lipinski definition) is 2. The third-order valence-electron chi connectivity index (χ3n) is 2.79. The molecule has 1 aromatic carbocycles. The molecule has 0 aliphatic rings. The number of nitrogens with zero attached hydrogens (tertiary/aromatic N) is 1. The molecule has 0 bridgehead atoms. The lowest BCUT2D eigenvalue weighted by atomic mass is 10.1. The molecule has 0 aliphatic carbocycles. The molecule has 4 heteroatoms. The molecule has 1 rings (SSSR count). The van der Waals surface area contributed by atoms with Crippen molar-refractivity contribution in [3.8, 4) is 0 Å². The van der Waals surface area contributed by atoms with Crippen molar-refractivity contribution in [3.05, 3.63) is 23.8 Å². The molecule has 0 aromatic heterocycles. The molecule has 0 fully saturated rings. The van der Waals surface area contributed by atoms with Gasteiger partial charge in [-0.1, -0.05) is 27.7 Å². The van der Waals surface area contributed by atoms with E-state index in [0.29, 0.717) is 17.5 Å². The molecule has 0 unspecified atom stereocenters. The van der Waals surface area contributed by atoms with Gasteiger partial charge in [-0.25, -0.2) is 4.79 Å². The Labute approximate surface area is 115 Å². The number of benzene rings is 1. The minimum absolute atomic E-state index is 0.279. The number of nitrogens with two attached hydrogens (primary N) is 1. The third-order valence-corrected chi connectivity index (χ3v) is 2.79. The molecule has 0 aliphatic heterocycles. The van der Waals surface area contributed by atoms with Crippen LogP contribution in [0.4, 0.5) is 11.4 Å². The highest BCUT2D eigenvalue weighted by molar-refractivity contribution is 5.90. The van der Waals surface area contributed by atoms with E-state index < -0.39 is 5.97 Å². The van der Waals surface area contributed by atoms with Gasteiger partial charge in [-0.2, -0.15) is 0 Å². The summed E-state index contributed by atoms with van der Waals surface area (Å²) >= 11 is 0. The lowest BCUT2D eigenvalue weighted by molar-refractivity contribution is 0.0697. The number of anilines is 2. The van der Waals surface area contributed by atoms with Crippen LogP contribution in [0, 0.1) is 11.8 Å². The maximum Gasteiger partial charge on any atom is 0.335 e. The first-order chi connectivity index (χ1) is 8.81. The highest BCUT2D eigenvalue weighted by Gasteiger charge is 2.15. The minimum atomic E-state index is -0.921. The van der Waals surface area contributed by atoms with Gasteiger partial charge in [-0.3, -0.25) is 0 Å². The second kappa shape index (κ2) is 6.45. The summed E-state index contributed by atoms with van der Waals surface area (Å²) in [5.41, 5.74) is 7.74. The van der Waals surface area contributed by atoms with Gasteiger partial charge in [0.1, 0.15) is 0 Å². The average molecular weight is 264 g/mol. The Morgan fingerprint density at radius 3 is 2.16 bits per heavy atom. The number of hydrogen-bond acceptors (Lipinski definition) is 3. The van der Waals surface area contributed by atoms with Gasteiger partial charge < -0.3 is 15.7 Å². The van der Waals surface area contributed by atoms with E-state index in [-0.39, 0.29) is 5.56 Å². The van der Waals surface area contributed by atoms with E-state index in [2.05, 4.69) is 32.6 Å². The Morgan fingerprint density at radius 2 is 1.74 bits per heavy atom. The fourth-order valence-electron chi connectivity index (χ4n) is 2.10. The number of carboxylic acids is 1. The van der Waals surface area contributed by atoms with Crippen LogP contribution in [0.25, 0.3) is 0 Å². The van der Waals surface area contributed by atoms with Crippen LogP contribution < -0.4 is 10.6 Å². The fourth-order valence-corrected chi connectivity index (χ4v) is 2.10. The van der Waals surface area contributed by atoms with E-state index in [1.54, 1.807) is 18.2 Å². The van der Waals surface area contributed by atoms with Gasteiger partial charge >= 0.3 is 5.97 Å². The van der Waals surface area contributed by atoms with Crippen LogP contribution in [0.3, 0.4) is 0 Å². The lowest BCUT2D eigenvalue weighted by Gasteiger charge is -2.29. The first-order valence-corrected chi connectivity index (χ1v) is 6.69. The van der Waals surface area contributed by atoms with Crippen LogP contribution in [0.5, 0.6) is 0 Å². The van der Waals surface area contributed by atoms with Gasteiger partial charge in [0.05, 0.1) is 16.9 Å². The second-order valence-electron chi connectivity index (χ2n) is 5.77. The zero-order chi connectivity index (χ0) is 14.6. The average Bonchev–Trinajstić information content (AvgIpc) is 2.27. The molecule has 0 atom stereocenters. The normalized spacial score (nSPS) is 11.1. The predicted octanol–water partition coefficient (Wildman–Crippen LogP) is 3.09. The summed E-state index contributed by atoms with van der Waals surface area (Å²) in [6.07, 6.45) is 0. The van der Waals surface area contributed by atoms with E-state index in [4.69, 9.17) is 10.8 Å². The predicted molar refractivity (Wildman–Crippen MR) is 79.7 cm³/mol. The zero-order valence-electron chi connectivity index (χ0n) is 12.2. The number of carbonyl (C=O) groups is 1. The molecule has 0 saturated carbocycles. The highest BCUT2D eigenvalue weighted by atomic mass is 16.4. The summed E-state index contributed by atoms with van der Waals surface area (Å²) < 4.78 is 0. The van der Waals surface area contributed by atoms with Crippen molar-refractivity contribution >= 4 is 17.3 Å². The van der Waals surface area contributed by atoms with Crippen LogP contribution in [0.2, 0.25) is 0 Å². The summed E-state index contributed by atoms with van der Waals surface area (Å²) in [5, 5.41) is 9.09. The van der Waals surface area contributed by atoms with Crippen LogP contribution in [-0.2, 0) is 0 Å². The summed E-state index contributed by atoms with van der Waals surface area (Å²) in [7, 11) is 0. The number of aromatic carboxylic acids is 1.